The summed E-state index contributed by atoms with van der Waals surface area (Å²) >= 11 is 32.3. The summed E-state index contributed by atoms with van der Waals surface area (Å²) in [7, 11) is -10.9. The van der Waals surface area contributed by atoms with E-state index in [-0.39, 0.29) is 16.2 Å². The smallest absolute Gasteiger partial charge is 0.462 e. The molecule has 0 aliphatic heterocycles. The Morgan fingerprint density at radius 1 is 0.200 bits per heavy atom. The highest BCUT2D eigenvalue weighted by Crippen LogP contribution is 2.58. The molecule has 0 spiro atoms. The first-order valence-corrected chi connectivity index (χ1v) is 61.9. The van der Waals surface area contributed by atoms with Crippen molar-refractivity contribution >= 4 is 140 Å². The molecule has 0 saturated heterocycles. The van der Waals surface area contributed by atoms with E-state index < -0.39 is 40.3 Å². The fourth-order valence-electron chi connectivity index (χ4n) is 14.6. The molecule has 145 heavy (non-hydrogen) atoms. The number of para-hydroxylation sites is 2. The molecule has 15 nitrogen and oxygen atoms in total. The van der Waals surface area contributed by atoms with Crippen LogP contribution in [-0.4, -0.2) is 15.3 Å². The van der Waals surface area contributed by atoms with Gasteiger partial charge in [0.2, 0.25) is 0 Å². The van der Waals surface area contributed by atoms with E-state index in [0.29, 0.717) is 83.6 Å². The highest BCUT2D eigenvalue weighted by atomic mass is 35.9. The van der Waals surface area contributed by atoms with Gasteiger partial charge in [0.05, 0.1) is 15.9 Å². The van der Waals surface area contributed by atoms with E-state index >= 15 is 0 Å². The molecule has 0 atom stereocenters. The van der Waals surface area contributed by atoms with Gasteiger partial charge in [-0.25, -0.2) is 13.7 Å². The number of rotatable bonds is 18. The van der Waals surface area contributed by atoms with Crippen LogP contribution in [0.4, 0.5) is 0 Å². The Morgan fingerprint density at radius 3 is 0.559 bits per heavy atom. The quantitative estimate of drug-likeness (QED) is 0.0681. The number of aryl methyl sites for hydroxylation is 16. The highest BCUT2D eigenvalue weighted by molar-refractivity contribution is 8.14. The van der Waals surface area contributed by atoms with E-state index in [1.54, 1.807) is 121 Å². The summed E-state index contributed by atoms with van der Waals surface area (Å²) in [6.07, 6.45) is 0. The van der Waals surface area contributed by atoms with Gasteiger partial charge < -0.3 is 42.5 Å². The number of phenolic OH excluding ortho intramolecular Hbond substituents is 3. The first-order valence-electron chi connectivity index (χ1n) is 46.7. The Hall–Kier alpha value is -10.4. The van der Waals surface area contributed by atoms with E-state index in [1.807, 2.05) is 329 Å². The summed E-state index contributed by atoms with van der Waals surface area (Å²) in [6.45, 7) is 50.8. The molecule has 768 valence electrons. The van der Waals surface area contributed by atoms with Gasteiger partial charge in [0, 0.05) is 15.9 Å². The third-order valence-electron chi connectivity index (χ3n) is 22.2. The summed E-state index contributed by atoms with van der Waals surface area (Å²) < 4.78 is 111. The Morgan fingerprint density at radius 2 is 0.372 bits per heavy atom. The Labute approximate surface area is 888 Å². The summed E-state index contributed by atoms with van der Waals surface area (Å²) in [5.74, 6) is -4.59. The van der Waals surface area contributed by atoms with Crippen molar-refractivity contribution in [1.82, 2.24) is 0 Å². The topological polar surface area (TPSA) is 218 Å². The van der Waals surface area contributed by atoms with Gasteiger partial charge in [-0.05, 0) is 387 Å². The number of aromatic hydroxyl groups is 3. The number of phenols is 3. The van der Waals surface area contributed by atoms with Gasteiger partial charge in [0.15, 0.2) is 0 Å². The number of halogens is 6. The van der Waals surface area contributed by atoms with E-state index in [2.05, 4.69) is 62.3 Å². The number of benzene rings is 15. The average Bonchev–Trinajstić information content (AvgIpc) is 0.781. The molecule has 0 fully saturated rings. The average molecular weight is 2190 g/mol. The lowest BCUT2D eigenvalue weighted by atomic mass is 9.87. The van der Waals surface area contributed by atoms with Crippen molar-refractivity contribution in [3.8, 4) is 51.7 Å². The van der Waals surface area contributed by atoms with Crippen LogP contribution in [0.1, 0.15) is 168 Å². The predicted molar refractivity (Wildman–Crippen MR) is 616 cm³/mol. The van der Waals surface area contributed by atoms with Crippen molar-refractivity contribution in [3.63, 3.8) is 0 Å². The first kappa shape index (κ1) is 122. The summed E-state index contributed by atoms with van der Waals surface area (Å²) in [4.78, 5) is 0. The minimum Gasteiger partial charge on any atom is -0.508 e. The molecule has 0 unspecified atom stereocenters. The maximum absolute atomic E-state index is 14.1. The van der Waals surface area contributed by atoms with E-state index in [1.165, 1.54) is 27.8 Å². The SMILES string of the molecule is CC(C)(C)c1ccc(O)cc1.CC(C)(C)c1ccc(OP(=O)(Oc2ccc(C(C)(C)C)cc2)c2ccccc2)cc1.Cc1cc(C)c(O)c(C)c1.Cc1cc(C)c(O)c(C)c1.Cc1cc(C)c(OP(=O)(Oc2c(C)cc(C)cc2C)c2ccccc2)c(C)c1.Cc1cccc(C)c1OP(=O)(Oc1c(C)cccc1C)c1ccccc1.O=P(Cl)(Cl)c1ccccc1.O=P(Cl)(Cl)c1ccccc1.O=P(Cl)(Cl)c1ccccc1. The monoisotopic (exact) mass is 2190 g/mol. The molecule has 0 heterocycles. The molecule has 0 saturated carbocycles. The van der Waals surface area contributed by atoms with Gasteiger partial charge in [-0.15, -0.1) is 0 Å². The molecule has 0 aliphatic carbocycles. The molecule has 27 heteroatoms. The van der Waals surface area contributed by atoms with Crippen molar-refractivity contribution in [3.05, 3.63) is 445 Å². The largest absolute Gasteiger partial charge is 0.508 e. The van der Waals surface area contributed by atoms with Crippen LogP contribution in [-0.2, 0) is 43.6 Å². The summed E-state index contributed by atoms with van der Waals surface area (Å²) in [6, 6.07) is 104. The second kappa shape index (κ2) is 54.5. The molecular formula is C118H134Cl6O15P6. The van der Waals surface area contributed by atoms with Crippen LogP contribution in [0, 0.1) is 111 Å². The third kappa shape index (κ3) is 39.0. The third-order valence-corrected chi connectivity index (χ3v) is 33.8. The molecule has 15 aromatic rings. The molecule has 0 aromatic heterocycles. The van der Waals surface area contributed by atoms with Crippen LogP contribution >= 0.6 is 108 Å². The zero-order chi connectivity index (χ0) is 108. The van der Waals surface area contributed by atoms with Gasteiger partial charge in [-0.2, -0.15) is 0 Å². The number of hydrogen-bond acceptors (Lipinski definition) is 15. The fraction of sp³-hybridized carbons (Fsp3) is 0.237. The van der Waals surface area contributed by atoms with E-state index in [0.717, 1.165) is 77.9 Å². The molecular weight excluding hydrogens is 2060 g/mol. The molecule has 0 bridgehead atoms. The normalized spacial score (nSPS) is 11.4. The van der Waals surface area contributed by atoms with Gasteiger partial charge in [0.25, 0.3) is 17.5 Å². The lowest BCUT2D eigenvalue weighted by molar-refractivity contribution is 0.393. The minimum atomic E-state index is -3.65. The summed E-state index contributed by atoms with van der Waals surface area (Å²) in [5, 5.41) is 30.7. The van der Waals surface area contributed by atoms with Crippen LogP contribution in [0.25, 0.3) is 0 Å². The maximum atomic E-state index is 14.1. The Balaban J connectivity index is 0.000000231. The zero-order valence-electron chi connectivity index (χ0n) is 87.0. The maximum Gasteiger partial charge on any atom is 0.462 e. The van der Waals surface area contributed by atoms with Gasteiger partial charge in [0.1, 0.15) is 51.7 Å². The molecule has 0 amide bonds. The van der Waals surface area contributed by atoms with Crippen molar-refractivity contribution in [1.29, 1.82) is 0 Å². The van der Waals surface area contributed by atoms with E-state index in [4.69, 9.17) is 99.7 Å². The van der Waals surface area contributed by atoms with Crippen molar-refractivity contribution in [2.24, 2.45) is 0 Å². The molecule has 15 rings (SSSR count). The lowest BCUT2D eigenvalue weighted by Gasteiger charge is -2.24. The minimum absolute atomic E-state index is 0.0347. The van der Waals surface area contributed by atoms with Crippen LogP contribution in [0.15, 0.2) is 340 Å². The van der Waals surface area contributed by atoms with Crippen LogP contribution in [0.2, 0.25) is 0 Å². The molecule has 0 radical (unpaired) electrons. The molecule has 0 aliphatic rings. The Bertz CT molecular complexity index is 6530. The highest BCUT2D eigenvalue weighted by Gasteiger charge is 2.37. The van der Waals surface area contributed by atoms with Gasteiger partial charge >= 0.3 is 22.8 Å². The van der Waals surface area contributed by atoms with Gasteiger partial charge in [-0.3, -0.25) is 13.7 Å². The van der Waals surface area contributed by atoms with Crippen molar-refractivity contribution in [2.75, 3.05) is 0 Å². The lowest BCUT2D eigenvalue weighted by Crippen LogP contribution is -2.16. The van der Waals surface area contributed by atoms with E-state index in [9.17, 15) is 37.6 Å². The standard InChI is InChI=1S/C26H31O3P.C24H27O3P.C22H23O3P.C10H14O.2C9H12O.3C6H5Cl2OP/c1-25(2,3)20-12-16-22(17-13-20)28-30(27,24-10-8-7-9-11-24)29-23-18-14-21(15-19-23)26(4,5)6;1-16-12-18(3)23(19(4)13-16)26-28(25,22-10-8-7-9-11-22)27-24-20(5)14-17(2)15-21(24)6;1-16-10-8-11-17(2)21(16)24-26(23,20-14-6-5-7-15-20)25-22-18(3)12-9-13-19(22)4;1-10(2,3)8-4-6-9(11)7-5-8;2*1-6-4-7(2)9(10)8(3)5-6;3*7-10(8,9)6-4-2-1-3-5-6/h7-19H,1-6H3;7-15H,1-6H3;5-15H,1-4H3;4-7,11H,1-3H3;2*4-5,10H,1-3H3;3*1-5H. The van der Waals surface area contributed by atoms with Crippen LogP contribution < -0.4 is 59.0 Å². The summed E-state index contributed by atoms with van der Waals surface area (Å²) in [5.41, 5.74) is 19.8. The Kier molecular flexibility index (Phi) is 45.7. The second-order valence-corrected chi connectivity index (χ2v) is 58.3. The zero-order valence-corrected chi connectivity index (χ0v) is 96.9. The predicted octanol–water partition coefficient (Wildman–Crippen LogP) is 35.9. The van der Waals surface area contributed by atoms with Gasteiger partial charge in [-0.1, -0.05) is 315 Å². The molecule has 15 aromatic carbocycles. The number of hydrogen-bond donors (Lipinski definition) is 3. The van der Waals surface area contributed by atoms with Crippen molar-refractivity contribution in [2.45, 2.75) is 189 Å². The fourth-order valence-corrected chi connectivity index (χ4v) is 23.5. The van der Waals surface area contributed by atoms with Crippen LogP contribution in [0.3, 0.4) is 0 Å². The second-order valence-electron chi connectivity index (χ2n) is 38.2. The molecule has 3 N–H and O–H groups in total. The van der Waals surface area contributed by atoms with Crippen molar-refractivity contribution < 1.29 is 69.9 Å². The van der Waals surface area contributed by atoms with Crippen LogP contribution in [0.5, 0.6) is 51.7 Å². The first-order chi connectivity index (χ1) is 67.6.